The standard InChI is InChI=1S/C13H20N2O4/c1-3-8(2)15-11(16)6-10(13(15)19)14(7-12(17)18)9-4-5-9/h8-10H,3-7H2,1-2H3,(H,17,18). The minimum absolute atomic E-state index is 0.115. The first kappa shape index (κ1) is 14.0. The fourth-order valence-electron chi connectivity index (χ4n) is 2.60. The van der Waals surface area contributed by atoms with Gasteiger partial charge in [0.25, 0.3) is 0 Å². The van der Waals surface area contributed by atoms with Crippen LogP contribution in [0.1, 0.15) is 39.5 Å². The van der Waals surface area contributed by atoms with Crippen LogP contribution in [0.3, 0.4) is 0 Å². The Morgan fingerprint density at radius 3 is 2.58 bits per heavy atom. The third-order valence-electron chi connectivity index (χ3n) is 3.92. The van der Waals surface area contributed by atoms with Crippen molar-refractivity contribution in [1.82, 2.24) is 9.80 Å². The van der Waals surface area contributed by atoms with Gasteiger partial charge in [-0.05, 0) is 26.2 Å². The van der Waals surface area contributed by atoms with Gasteiger partial charge in [-0.2, -0.15) is 0 Å². The first-order valence-corrected chi connectivity index (χ1v) is 6.79. The third-order valence-corrected chi connectivity index (χ3v) is 3.92. The molecule has 1 N–H and O–H groups in total. The molecule has 2 atom stereocenters. The van der Waals surface area contributed by atoms with Crippen LogP contribution in [0.4, 0.5) is 0 Å². The topological polar surface area (TPSA) is 77.9 Å². The van der Waals surface area contributed by atoms with E-state index in [2.05, 4.69) is 0 Å². The van der Waals surface area contributed by atoms with Gasteiger partial charge in [0.2, 0.25) is 11.8 Å². The van der Waals surface area contributed by atoms with Gasteiger partial charge in [-0.25, -0.2) is 0 Å². The quantitative estimate of drug-likeness (QED) is 0.708. The maximum atomic E-state index is 12.3. The van der Waals surface area contributed by atoms with E-state index < -0.39 is 12.0 Å². The second-order valence-corrected chi connectivity index (χ2v) is 5.38. The first-order valence-electron chi connectivity index (χ1n) is 6.79. The third kappa shape index (κ3) is 2.78. The van der Waals surface area contributed by atoms with Crippen molar-refractivity contribution in [2.24, 2.45) is 0 Å². The van der Waals surface area contributed by atoms with Crippen molar-refractivity contribution in [2.75, 3.05) is 6.54 Å². The van der Waals surface area contributed by atoms with Crippen LogP contribution in [0, 0.1) is 0 Å². The van der Waals surface area contributed by atoms with Gasteiger partial charge in [0.1, 0.15) is 0 Å². The van der Waals surface area contributed by atoms with E-state index in [1.54, 1.807) is 4.90 Å². The van der Waals surface area contributed by atoms with E-state index in [0.29, 0.717) is 6.42 Å². The predicted molar refractivity (Wildman–Crippen MR) is 67.4 cm³/mol. The lowest BCUT2D eigenvalue weighted by Crippen LogP contribution is -2.47. The van der Waals surface area contributed by atoms with Crippen LogP contribution in [0.2, 0.25) is 0 Å². The van der Waals surface area contributed by atoms with E-state index in [0.717, 1.165) is 12.8 Å². The van der Waals surface area contributed by atoms with E-state index in [9.17, 15) is 14.4 Å². The zero-order chi connectivity index (χ0) is 14.2. The van der Waals surface area contributed by atoms with Crippen molar-refractivity contribution in [3.63, 3.8) is 0 Å². The second-order valence-electron chi connectivity index (χ2n) is 5.38. The fourth-order valence-corrected chi connectivity index (χ4v) is 2.60. The molecule has 1 aliphatic heterocycles. The molecule has 2 unspecified atom stereocenters. The molecule has 1 heterocycles. The highest BCUT2D eigenvalue weighted by molar-refractivity contribution is 6.06. The van der Waals surface area contributed by atoms with Gasteiger partial charge in [-0.15, -0.1) is 0 Å². The zero-order valence-electron chi connectivity index (χ0n) is 11.3. The monoisotopic (exact) mass is 268 g/mol. The number of hydrogen-bond donors (Lipinski definition) is 1. The SMILES string of the molecule is CCC(C)N1C(=O)CC(N(CC(=O)O)C2CC2)C1=O. The minimum atomic E-state index is -0.950. The Morgan fingerprint density at radius 2 is 2.11 bits per heavy atom. The average Bonchev–Trinajstić information content (AvgIpc) is 3.13. The molecule has 1 saturated heterocycles. The van der Waals surface area contributed by atoms with Gasteiger partial charge >= 0.3 is 5.97 Å². The molecule has 1 saturated carbocycles. The summed E-state index contributed by atoms with van der Waals surface area (Å²) in [5, 5.41) is 8.94. The molecule has 6 heteroatoms. The molecule has 0 aromatic rings. The number of aliphatic carboxylic acids is 1. The number of likely N-dealkylation sites (tertiary alicyclic amines) is 1. The van der Waals surface area contributed by atoms with E-state index in [-0.39, 0.29) is 36.9 Å². The number of nitrogens with zero attached hydrogens (tertiary/aromatic N) is 2. The van der Waals surface area contributed by atoms with E-state index in [4.69, 9.17) is 5.11 Å². The number of carbonyl (C=O) groups excluding carboxylic acids is 2. The van der Waals surface area contributed by atoms with Crippen molar-refractivity contribution < 1.29 is 19.5 Å². The number of hydrogen-bond acceptors (Lipinski definition) is 4. The molecule has 0 radical (unpaired) electrons. The van der Waals surface area contributed by atoms with Gasteiger partial charge < -0.3 is 5.11 Å². The molecule has 1 aliphatic carbocycles. The smallest absolute Gasteiger partial charge is 0.317 e. The number of amides is 2. The van der Waals surface area contributed by atoms with Gasteiger partial charge in [0.05, 0.1) is 19.0 Å². The highest BCUT2D eigenvalue weighted by atomic mass is 16.4. The van der Waals surface area contributed by atoms with Crippen LogP contribution in [-0.2, 0) is 14.4 Å². The second kappa shape index (κ2) is 5.28. The number of carboxylic acids is 1. The lowest BCUT2D eigenvalue weighted by Gasteiger charge is -2.27. The van der Waals surface area contributed by atoms with E-state index in [1.807, 2.05) is 13.8 Å². The fraction of sp³-hybridized carbons (Fsp3) is 0.769. The molecule has 2 amide bonds. The number of carbonyl (C=O) groups is 3. The van der Waals surface area contributed by atoms with Crippen LogP contribution in [0.25, 0.3) is 0 Å². The van der Waals surface area contributed by atoms with Crippen LogP contribution in [0.5, 0.6) is 0 Å². The van der Waals surface area contributed by atoms with Gasteiger partial charge in [-0.3, -0.25) is 24.2 Å². The predicted octanol–water partition coefficient (Wildman–Crippen LogP) is 0.461. The Bertz CT molecular complexity index is 405. The molecule has 2 fully saturated rings. The van der Waals surface area contributed by atoms with Gasteiger partial charge in [-0.1, -0.05) is 6.92 Å². The van der Waals surface area contributed by atoms with Crippen LogP contribution in [0.15, 0.2) is 0 Å². The molecule has 0 bridgehead atoms. The summed E-state index contributed by atoms with van der Waals surface area (Å²) < 4.78 is 0. The van der Waals surface area contributed by atoms with Gasteiger partial charge in [0.15, 0.2) is 0 Å². The highest BCUT2D eigenvalue weighted by Crippen LogP contribution is 2.32. The summed E-state index contributed by atoms with van der Waals surface area (Å²) in [6, 6.07) is -0.546. The van der Waals surface area contributed by atoms with Crippen molar-refractivity contribution in [3.8, 4) is 0 Å². The molecule has 0 spiro atoms. The van der Waals surface area contributed by atoms with E-state index in [1.165, 1.54) is 4.90 Å². The lowest BCUT2D eigenvalue weighted by molar-refractivity contribution is -0.143. The molecule has 0 aromatic carbocycles. The van der Waals surface area contributed by atoms with Crippen molar-refractivity contribution in [1.29, 1.82) is 0 Å². The zero-order valence-corrected chi connectivity index (χ0v) is 11.3. The van der Waals surface area contributed by atoms with Gasteiger partial charge in [0, 0.05) is 12.1 Å². The normalized spacial score (nSPS) is 25.2. The summed E-state index contributed by atoms with van der Waals surface area (Å²) in [5.74, 6) is -1.36. The Morgan fingerprint density at radius 1 is 1.47 bits per heavy atom. The van der Waals surface area contributed by atoms with Crippen molar-refractivity contribution in [3.05, 3.63) is 0 Å². The molecule has 19 heavy (non-hydrogen) atoms. The highest BCUT2D eigenvalue weighted by Gasteiger charge is 2.47. The molecule has 106 valence electrons. The average molecular weight is 268 g/mol. The summed E-state index contributed by atoms with van der Waals surface area (Å²) in [7, 11) is 0. The maximum Gasteiger partial charge on any atom is 0.317 e. The Labute approximate surface area is 112 Å². The lowest BCUT2D eigenvalue weighted by atomic mass is 10.2. The van der Waals surface area contributed by atoms with Crippen molar-refractivity contribution in [2.45, 2.75) is 57.7 Å². The summed E-state index contributed by atoms with van der Waals surface area (Å²) in [5.41, 5.74) is 0. The van der Waals surface area contributed by atoms with Crippen LogP contribution >= 0.6 is 0 Å². The summed E-state index contributed by atoms with van der Waals surface area (Å²) >= 11 is 0. The Hall–Kier alpha value is -1.43. The number of imide groups is 1. The number of rotatable bonds is 6. The summed E-state index contributed by atoms with van der Waals surface area (Å²) in [4.78, 5) is 38.2. The largest absolute Gasteiger partial charge is 0.480 e. The first-order chi connectivity index (χ1) is 8.95. The molecular weight excluding hydrogens is 248 g/mol. The van der Waals surface area contributed by atoms with E-state index >= 15 is 0 Å². The summed E-state index contributed by atoms with van der Waals surface area (Å²) in [6.45, 7) is 3.61. The summed E-state index contributed by atoms with van der Waals surface area (Å²) in [6.07, 6.45) is 2.66. The van der Waals surface area contributed by atoms with Crippen LogP contribution < -0.4 is 0 Å². The molecule has 2 rings (SSSR count). The maximum absolute atomic E-state index is 12.3. The Balaban J connectivity index is 2.14. The molecule has 2 aliphatic rings. The Kier molecular flexibility index (Phi) is 3.89. The molecule has 6 nitrogen and oxygen atoms in total. The van der Waals surface area contributed by atoms with Crippen LogP contribution in [-0.4, -0.2) is 57.4 Å². The minimum Gasteiger partial charge on any atom is -0.480 e. The molecular formula is C13H20N2O4. The molecule has 0 aromatic heterocycles. The number of carboxylic acid groups (broad SMARTS) is 1. The van der Waals surface area contributed by atoms with Crippen molar-refractivity contribution >= 4 is 17.8 Å².